The Morgan fingerprint density at radius 3 is 2.38 bits per heavy atom. The van der Waals surface area contributed by atoms with Gasteiger partial charge in [0.05, 0.1) is 12.7 Å². The number of imide groups is 1. The van der Waals surface area contributed by atoms with Crippen LogP contribution in [0.2, 0.25) is 0 Å². The number of nitrogens with one attached hydrogen (secondary N) is 1. The summed E-state index contributed by atoms with van der Waals surface area (Å²) in [4.78, 5) is 36.0. The molecule has 0 aliphatic carbocycles. The summed E-state index contributed by atoms with van der Waals surface area (Å²) >= 11 is 0. The van der Waals surface area contributed by atoms with Crippen LogP contribution in [0.15, 0.2) is 29.5 Å². The molecule has 3 amide bonds. The first kappa shape index (κ1) is 19.1. The van der Waals surface area contributed by atoms with Crippen molar-refractivity contribution in [3.63, 3.8) is 0 Å². The van der Waals surface area contributed by atoms with Gasteiger partial charge in [0.25, 0.3) is 0 Å². The van der Waals surface area contributed by atoms with E-state index in [9.17, 15) is 23.2 Å². The summed E-state index contributed by atoms with van der Waals surface area (Å²) in [7, 11) is 2.34. The Balaban J connectivity index is 3.65. The molecule has 0 saturated heterocycles. The normalized spacial score (nSPS) is 12.7. The topological polar surface area (TPSA) is 102 Å². The zero-order valence-electron chi connectivity index (χ0n) is 13.3. The zero-order valence-corrected chi connectivity index (χ0v) is 13.3. The Kier molecular flexibility index (Phi) is 6.39. The summed E-state index contributed by atoms with van der Waals surface area (Å²) in [6, 6.07) is 0.447. The number of ether oxygens (including phenoxy) is 1. The van der Waals surface area contributed by atoms with E-state index in [1.54, 1.807) is 0 Å². The van der Waals surface area contributed by atoms with Gasteiger partial charge in [-0.05, 0) is 24.6 Å². The third kappa shape index (κ3) is 3.86. The Morgan fingerprint density at radius 2 is 1.96 bits per heavy atom. The van der Waals surface area contributed by atoms with Crippen LogP contribution < -0.4 is 11.1 Å². The number of methoxy groups -OCH3 is 1. The zero-order chi connectivity index (χ0) is 18.4. The molecule has 0 aliphatic heterocycles. The van der Waals surface area contributed by atoms with Crippen LogP contribution in [-0.4, -0.2) is 37.5 Å². The number of nitrogens with zero attached hydrogens (tertiary/aromatic N) is 1. The summed E-state index contributed by atoms with van der Waals surface area (Å²) in [5, 5.41) is 2.22. The first-order valence-corrected chi connectivity index (χ1v) is 6.73. The van der Waals surface area contributed by atoms with Crippen LogP contribution in [0, 0.1) is 11.6 Å². The molecule has 1 aromatic rings. The van der Waals surface area contributed by atoms with Crippen LogP contribution in [0.3, 0.4) is 0 Å². The summed E-state index contributed by atoms with van der Waals surface area (Å²) in [6.07, 6.45) is 0.149. The van der Waals surface area contributed by atoms with Crippen molar-refractivity contribution in [2.24, 2.45) is 5.73 Å². The average molecular weight is 341 g/mol. The van der Waals surface area contributed by atoms with Crippen molar-refractivity contribution < 1.29 is 27.9 Å². The first-order valence-electron chi connectivity index (χ1n) is 6.73. The van der Waals surface area contributed by atoms with Crippen LogP contribution in [0.5, 0.6) is 0 Å². The highest BCUT2D eigenvalue weighted by atomic mass is 19.2. The minimum atomic E-state index is -1.39. The third-order valence-electron chi connectivity index (χ3n) is 3.20. The summed E-state index contributed by atoms with van der Waals surface area (Å²) in [5.74, 6) is -3.25. The molecule has 0 bridgehead atoms. The largest absolute Gasteiger partial charge is 0.466 e. The van der Waals surface area contributed by atoms with Crippen molar-refractivity contribution in [2.45, 2.75) is 13.0 Å². The molecule has 0 fully saturated rings. The number of nitrogens with two attached hydrogens (primary N) is 1. The highest BCUT2D eigenvalue weighted by Gasteiger charge is 2.34. The second-order valence-corrected chi connectivity index (χ2v) is 4.73. The number of halogens is 2. The molecule has 3 N–H and O–H groups in total. The molecular weight excluding hydrogens is 324 g/mol. The molecule has 24 heavy (non-hydrogen) atoms. The van der Waals surface area contributed by atoms with E-state index in [0.29, 0.717) is 4.90 Å². The van der Waals surface area contributed by atoms with Crippen molar-refractivity contribution in [3.8, 4) is 0 Å². The molecule has 7 nitrogen and oxygen atoms in total. The molecule has 0 spiro atoms. The van der Waals surface area contributed by atoms with Gasteiger partial charge in [-0.2, -0.15) is 0 Å². The van der Waals surface area contributed by atoms with E-state index >= 15 is 0 Å². The van der Waals surface area contributed by atoms with Gasteiger partial charge in [-0.25, -0.2) is 18.4 Å². The highest BCUT2D eigenvalue weighted by molar-refractivity contribution is 5.94. The molecule has 0 heterocycles. The number of benzene rings is 1. The fraction of sp³-hybridized carbons (Fsp3) is 0.267. The monoisotopic (exact) mass is 341 g/mol. The van der Waals surface area contributed by atoms with E-state index in [4.69, 9.17) is 5.73 Å². The van der Waals surface area contributed by atoms with E-state index in [2.05, 4.69) is 10.1 Å². The quantitative estimate of drug-likeness (QED) is 0.476. The van der Waals surface area contributed by atoms with Gasteiger partial charge in [-0.3, -0.25) is 9.69 Å². The SMILES string of the molecule is CNC(=O)N(C=O)C(/C(C(=O)OC)=C(/C)N)c1ccc(F)c(F)c1. The maximum atomic E-state index is 13.6. The summed E-state index contributed by atoms with van der Waals surface area (Å²) in [6.45, 7) is 1.35. The molecule has 0 saturated carbocycles. The van der Waals surface area contributed by atoms with E-state index in [1.165, 1.54) is 14.0 Å². The first-order chi connectivity index (χ1) is 11.3. The van der Waals surface area contributed by atoms with Crippen molar-refractivity contribution in [1.82, 2.24) is 10.2 Å². The van der Waals surface area contributed by atoms with Gasteiger partial charge in [0.2, 0.25) is 6.41 Å². The molecule has 1 atom stereocenters. The van der Waals surface area contributed by atoms with Gasteiger partial charge in [0, 0.05) is 12.7 Å². The number of allylic oxidation sites excluding steroid dienone is 1. The lowest BCUT2D eigenvalue weighted by molar-refractivity contribution is -0.137. The Morgan fingerprint density at radius 1 is 1.33 bits per heavy atom. The lowest BCUT2D eigenvalue weighted by atomic mass is 9.95. The van der Waals surface area contributed by atoms with Gasteiger partial charge in [0.15, 0.2) is 11.6 Å². The van der Waals surface area contributed by atoms with E-state index in [-0.39, 0.29) is 23.2 Å². The van der Waals surface area contributed by atoms with E-state index in [0.717, 1.165) is 25.3 Å². The summed E-state index contributed by atoms with van der Waals surface area (Å²) in [5.41, 5.74) is 5.36. The predicted octanol–water partition coefficient (Wildman–Crippen LogP) is 1.21. The molecular formula is C15H17F2N3O4. The molecule has 1 unspecified atom stereocenters. The van der Waals surface area contributed by atoms with Crippen LogP contribution in [0.25, 0.3) is 0 Å². The van der Waals surface area contributed by atoms with Crippen LogP contribution in [-0.2, 0) is 14.3 Å². The van der Waals surface area contributed by atoms with E-state index < -0.39 is 29.7 Å². The number of hydrogen-bond acceptors (Lipinski definition) is 5. The average Bonchev–Trinajstić information content (AvgIpc) is 2.56. The van der Waals surface area contributed by atoms with E-state index in [1.807, 2.05) is 0 Å². The standard InChI is InChI=1S/C15H17F2N3O4/c1-8(18)12(14(22)24-3)13(20(7-21)15(23)19-2)9-4-5-10(16)11(17)6-9/h4-7,13H,18H2,1-3H3,(H,19,23)/b12-8+. The van der Waals surface area contributed by atoms with Crippen molar-refractivity contribution in [2.75, 3.05) is 14.2 Å². The molecule has 130 valence electrons. The molecule has 0 aliphatic rings. The molecule has 1 rings (SSSR count). The van der Waals surface area contributed by atoms with Crippen LogP contribution in [0.1, 0.15) is 18.5 Å². The number of amides is 3. The lowest BCUT2D eigenvalue weighted by Gasteiger charge is -2.28. The smallest absolute Gasteiger partial charge is 0.337 e. The van der Waals surface area contributed by atoms with Crippen molar-refractivity contribution >= 4 is 18.4 Å². The predicted molar refractivity (Wildman–Crippen MR) is 80.4 cm³/mol. The number of rotatable bonds is 5. The minimum absolute atomic E-state index is 0.0326. The Labute approximate surface area is 137 Å². The van der Waals surface area contributed by atoms with Crippen LogP contribution in [0.4, 0.5) is 13.6 Å². The Bertz CT molecular complexity index is 687. The van der Waals surface area contributed by atoms with Crippen molar-refractivity contribution in [1.29, 1.82) is 0 Å². The molecule has 9 heteroatoms. The number of carbonyl (C=O) groups excluding carboxylic acids is 3. The second kappa shape index (κ2) is 8.04. The fourth-order valence-corrected chi connectivity index (χ4v) is 2.10. The van der Waals surface area contributed by atoms with Gasteiger partial charge >= 0.3 is 12.0 Å². The van der Waals surface area contributed by atoms with Crippen molar-refractivity contribution in [3.05, 3.63) is 46.7 Å². The summed E-state index contributed by atoms with van der Waals surface area (Å²) < 4.78 is 31.4. The second-order valence-electron chi connectivity index (χ2n) is 4.73. The van der Waals surface area contributed by atoms with Gasteiger partial charge in [-0.15, -0.1) is 0 Å². The molecule has 0 radical (unpaired) electrons. The molecule has 1 aromatic carbocycles. The minimum Gasteiger partial charge on any atom is -0.466 e. The fourth-order valence-electron chi connectivity index (χ4n) is 2.10. The number of urea groups is 1. The van der Waals surface area contributed by atoms with Gasteiger partial charge < -0.3 is 15.8 Å². The van der Waals surface area contributed by atoms with Crippen LogP contribution >= 0.6 is 0 Å². The third-order valence-corrected chi connectivity index (χ3v) is 3.20. The number of hydrogen-bond donors (Lipinski definition) is 2. The van der Waals surface area contributed by atoms with Gasteiger partial charge in [0.1, 0.15) is 6.04 Å². The lowest BCUT2D eigenvalue weighted by Crippen LogP contribution is -2.42. The molecule has 0 aromatic heterocycles. The highest BCUT2D eigenvalue weighted by Crippen LogP contribution is 2.31. The maximum absolute atomic E-state index is 13.6. The maximum Gasteiger partial charge on any atom is 0.337 e. The van der Waals surface area contributed by atoms with Gasteiger partial charge in [-0.1, -0.05) is 6.07 Å². The Hall–Kier alpha value is -2.97. The number of carbonyl (C=O) groups is 3. The number of esters is 1.